The zero-order chi connectivity index (χ0) is 11.8. The van der Waals surface area contributed by atoms with Gasteiger partial charge in [-0.15, -0.1) is 11.8 Å². The number of hydrogen-bond acceptors (Lipinski definition) is 2. The highest BCUT2D eigenvalue weighted by Gasteiger charge is 2.02. The fraction of sp³-hybridized carbons (Fsp3) is 0.571. The molecule has 1 aromatic rings. The van der Waals surface area contributed by atoms with E-state index in [-0.39, 0.29) is 0 Å². The second kappa shape index (κ2) is 7.75. The number of rotatable bonds is 7. The summed E-state index contributed by atoms with van der Waals surface area (Å²) in [6, 6.07) is 9.50. The standard InChI is InChI=1S/C14H23NS/c1-4-13(15-3)6-5-11-16-14-9-7-12(2)8-10-14/h7-10,13,15H,4-6,11H2,1-3H3. The molecular formula is C14H23NS. The van der Waals surface area contributed by atoms with Crippen LogP contribution in [0.3, 0.4) is 0 Å². The van der Waals surface area contributed by atoms with E-state index in [2.05, 4.69) is 50.5 Å². The number of hydrogen-bond donors (Lipinski definition) is 1. The zero-order valence-corrected chi connectivity index (χ0v) is 11.4. The third-order valence-corrected chi connectivity index (χ3v) is 3.99. The molecule has 0 bridgehead atoms. The first-order chi connectivity index (χ1) is 7.76. The molecule has 0 radical (unpaired) electrons. The van der Waals surface area contributed by atoms with Crippen LogP contribution in [0.15, 0.2) is 29.2 Å². The molecule has 0 amide bonds. The maximum atomic E-state index is 3.35. The van der Waals surface area contributed by atoms with Crippen molar-refractivity contribution >= 4 is 11.8 Å². The summed E-state index contributed by atoms with van der Waals surface area (Å²) in [6.45, 7) is 4.38. The van der Waals surface area contributed by atoms with Crippen LogP contribution in [0.2, 0.25) is 0 Å². The Morgan fingerprint density at radius 2 is 1.94 bits per heavy atom. The second-order valence-electron chi connectivity index (χ2n) is 4.20. The Kier molecular flexibility index (Phi) is 6.58. The first-order valence-electron chi connectivity index (χ1n) is 6.13. The van der Waals surface area contributed by atoms with Gasteiger partial charge in [0.15, 0.2) is 0 Å². The van der Waals surface area contributed by atoms with Crippen molar-refractivity contribution in [1.82, 2.24) is 5.32 Å². The average molecular weight is 237 g/mol. The van der Waals surface area contributed by atoms with Crippen molar-refractivity contribution in [1.29, 1.82) is 0 Å². The maximum Gasteiger partial charge on any atom is 0.00721 e. The van der Waals surface area contributed by atoms with Crippen molar-refractivity contribution in [2.45, 2.75) is 44.0 Å². The van der Waals surface area contributed by atoms with Crippen LogP contribution < -0.4 is 5.32 Å². The smallest absolute Gasteiger partial charge is 0.00721 e. The lowest BCUT2D eigenvalue weighted by Gasteiger charge is -2.12. The molecule has 0 heterocycles. The van der Waals surface area contributed by atoms with Gasteiger partial charge >= 0.3 is 0 Å². The van der Waals surface area contributed by atoms with E-state index < -0.39 is 0 Å². The fourth-order valence-electron chi connectivity index (χ4n) is 1.71. The van der Waals surface area contributed by atoms with Crippen LogP contribution >= 0.6 is 11.8 Å². The van der Waals surface area contributed by atoms with E-state index in [9.17, 15) is 0 Å². The molecule has 1 N–H and O–H groups in total. The van der Waals surface area contributed by atoms with Crippen LogP contribution in [-0.4, -0.2) is 18.8 Å². The van der Waals surface area contributed by atoms with Crippen LogP contribution in [0.4, 0.5) is 0 Å². The predicted molar refractivity (Wildman–Crippen MR) is 74.3 cm³/mol. The highest BCUT2D eigenvalue weighted by atomic mass is 32.2. The van der Waals surface area contributed by atoms with Gasteiger partial charge in [-0.25, -0.2) is 0 Å². The summed E-state index contributed by atoms with van der Waals surface area (Å²) in [7, 11) is 2.06. The molecule has 16 heavy (non-hydrogen) atoms. The first kappa shape index (κ1) is 13.6. The molecule has 0 aliphatic carbocycles. The maximum absolute atomic E-state index is 3.35. The number of thioether (sulfide) groups is 1. The minimum absolute atomic E-state index is 0.693. The van der Waals surface area contributed by atoms with E-state index in [1.54, 1.807) is 0 Å². The molecule has 0 saturated carbocycles. The minimum atomic E-state index is 0.693. The molecular weight excluding hydrogens is 214 g/mol. The molecule has 1 aromatic carbocycles. The van der Waals surface area contributed by atoms with Gasteiger partial charge in [0.25, 0.3) is 0 Å². The highest BCUT2D eigenvalue weighted by Crippen LogP contribution is 2.20. The lowest BCUT2D eigenvalue weighted by Crippen LogP contribution is -2.23. The third-order valence-electron chi connectivity index (χ3n) is 2.89. The molecule has 0 fully saturated rings. The van der Waals surface area contributed by atoms with E-state index in [4.69, 9.17) is 0 Å². The summed E-state index contributed by atoms with van der Waals surface area (Å²) < 4.78 is 0. The first-order valence-corrected chi connectivity index (χ1v) is 7.11. The number of nitrogens with one attached hydrogen (secondary N) is 1. The van der Waals surface area contributed by atoms with Crippen molar-refractivity contribution in [2.24, 2.45) is 0 Å². The van der Waals surface area contributed by atoms with Gasteiger partial charge in [0.1, 0.15) is 0 Å². The monoisotopic (exact) mass is 237 g/mol. The largest absolute Gasteiger partial charge is 0.317 e. The number of aryl methyl sites for hydroxylation is 1. The van der Waals surface area contributed by atoms with E-state index in [1.807, 2.05) is 11.8 Å². The van der Waals surface area contributed by atoms with Gasteiger partial charge in [-0.05, 0) is 51.1 Å². The van der Waals surface area contributed by atoms with Crippen LogP contribution in [0.25, 0.3) is 0 Å². The highest BCUT2D eigenvalue weighted by molar-refractivity contribution is 7.99. The van der Waals surface area contributed by atoms with Crippen molar-refractivity contribution in [2.75, 3.05) is 12.8 Å². The van der Waals surface area contributed by atoms with Gasteiger partial charge in [-0.2, -0.15) is 0 Å². The molecule has 0 aromatic heterocycles. The van der Waals surface area contributed by atoms with Crippen LogP contribution in [0.1, 0.15) is 31.7 Å². The SMILES string of the molecule is CCC(CCCSc1ccc(C)cc1)NC. The molecule has 2 heteroatoms. The van der Waals surface area contributed by atoms with Gasteiger partial charge in [0, 0.05) is 10.9 Å². The molecule has 0 aliphatic rings. The molecule has 1 unspecified atom stereocenters. The van der Waals surface area contributed by atoms with Crippen molar-refractivity contribution < 1.29 is 0 Å². The summed E-state index contributed by atoms with van der Waals surface area (Å²) in [5.74, 6) is 1.22. The van der Waals surface area contributed by atoms with Crippen LogP contribution in [0, 0.1) is 6.92 Å². The second-order valence-corrected chi connectivity index (χ2v) is 5.37. The van der Waals surface area contributed by atoms with Crippen LogP contribution in [0.5, 0.6) is 0 Å². The van der Waals surface area contributed by atoms with E-state index >= 15 is 0 Å². The molecule has 1 atom stereocenters. The minimum Gasteiger partial charge on any atom is -0.317 e. The summed E-state index contributed by atoms with van der Waals surface area (Å²) >= 11 is 1.96. The predicted octanol–water partition coefficient (Wildman–Crippen LogP) is 3.87. The summed E-state index contributed by atoms with van der Waals surface area (Å²) in [5.41, 5.74) is 1.34. The summed E-state index contributed by atoms with van der Waals surface area (Å²) in [4.78, 5) is 1.39. The normalized spacial score (nSPS) is 12.7. The Hall–Kier alpha value is -0.470. The van der Waals surface area contributed by atoms with E-state index in [1.165, 1.54) is 35.5 Å². The van der Waals surface area contributed by atoms with Crippen molar-refractivity contribution in [3.8, 4) is 0 Å². The van der Waals surface area contributed by atoms with Gasteiger partial charge < -0.3 is 5.32 Å². The van der Waals surface area contributed by atoms with E-state index in [0.29, 0.717) is 6.04 Å². The Balaban J connectivity index is 2.18. The molecule has 1 nitrogen and oxygen atoms in total. The Morgan fingerprint density at radius 1 is 1.25 bits per heavy atom. The van der Waals surface area contributed by atoms with Gasteiger partial charge in [0.2, 0.25) is 0 Å². The van der Waals surface area contributed by atoms with Gasteiger partial charge in [-0.3, -0.25) is 0 Å². The average Bonchev–Trinajstić information content (AvgIpc) is 2.32. The summed E-state index contributed by atoms with van der Waals surface area (Å²) in [5, 5.41) is 3.35. The fourth-order valence-corrected chi connectivity index (χ4v) is 2.58. The van der Waals surface area contributed by atoms with Crippen LogP contribution in [-0.2, 0) is 0 Å². The summed E-state index contributed by atoms with van der Waals surface area (Å²) in [6.07, 6.45) is 3.80. The van der Waals surface area contributed by atoms with Gasteiger partial charge in [0.05, 0.1) is 0 Å². The van der Waals surface area contributed by atoms with Crippen molar-refractivity contribution in [3.63, 3.8) is 0 Å². The van der Waals surface area contributed by atoms with Gasteiger partial charge in [-0.1, -0.05) is 24.6 Å². The Bertz CT molecular complexity index is 277. The Labute approximate surface area is 104 Å². The lowest BCUT2D eigenvalue weighted by molar-refractivity contribution is 0.504. The van der Waals surface area contributed by atoms with Crippen molar-refractivity contribution in [3.05, 3.63) is 29.8 Å². The molecule has 0 spiro atoms. The quantitative estimate of drug-likeness (QED) is 0.571. The zero-order valence-electron chi connectivity index (χ0n) is 10.6. The lowest BCUT2D eigenvalue weighted by atomic mass is 10.1. The third kappa shape index (κ3) is 5.04. The molecule has 0 aliphatic heterocycles. The molecule has 1 rings (SSSR count). The number of benzene rings is 1. The molecule has 90 valence electrons. The Morgan fingerprint density at radius 3 is 2.50 bits per heavy atom. The molecule has 0 saturated heterocycles. The van der Waals surface area contributed by atoms with E-state index in [0.717, 1.165) is 0 Å². The topological polar surface area (TPSA) is 12.0 Å².